The van der Waals surface area contributed by atoms with Gasteiger partial charge in [0.05, 0.1) is 19.8 Å². The summed E-state index contributed by atoms with van der Waals surface area (Å²) in [6.07, 6.45) is 1.43. The molecule has 0 aromatic heterocycles. The van der Waals surface area contributed by atoms with Crippen molar-refractivity contribution in [1.29, 1.82) is 0 Å². The van der Waals surface area contributed by atoms with Crippen LogP contribution in [0.3, 0.4) is 0 Å². The van der Waals surface area contributed by atoms with Gasteiger partial charge in [-0.1, -0.05) is 25.1 Å². The van der Waals surface area contributed by atoms with Crippen LogP contribution in [0.15, 0.2) is 24.3 Å². The maximum Gasteiger partial charge on any atom is 0.150 e. The molecule has 0 amide bonds. The maximum atomic E-state index is 10.2. The molecule has 0 unspecified atom stereocenters. The minimum Gasteiger partial charge on any atom is -0.396 e. The summed E-state index contributed by atoms with van der Waals surface area (Å²) in [6, 6.07) is 6.52. The molecule has 1 aromatic rings. The molecule has 0 fully saturated rings. The van der Waals surface area contributed by atoms with Crippen LogP contribution in [0.25, 0.3) is 0 Å². The maximum absolute atomic E-state index is 10.2. The van der Waals surface area contributed by atoms with Gasteiger partial charge in [-0.05, 0) is 6.07 Å². The second-order valence-electron chi connectivity index (χ2n) is 4.19. The van der Waals surface area contributed by atoms with Gasteiger partial charge >= 0.3 is 0 Å². The first-order valence-corrected chi connectivity index (χ1v) is 5.38. The van der Waals surface area contributed by atoms with Gasteiger partial charge in [-0.3, -0.25) is 9.59 Å². The van der Waals surface area contributed by atoms with Crippen LogP contribution >= 0.6 is 0 Å². The predicted molar refractivity (Wildman–Crippen MR) is 66.6 cm³/mol. The van der Waals surface area contributed by atoms with Gasteiger partial charge in [0.15, 0.2) is 0 Å². The Hall–Kier alpha value is -1.56. The first-order chi connectivity index (χ1) is 8.55. The molecule has 0 spiro atoms. The average Bonchev–Trinajstić information content (AvgIpc) is 2.47. The van der Waals surface area contributed by atoms with Gasteiger partial charge in [0, 0.05) is 16.5 Å². The molecule has 0 aliphatic heterocycles. The molecular weight excluding hydrogens is 236 g/mol. The van der Waals surface area contributed by atoms with Crippen LogP contribution in [0.1, 0.15) is 27.6 Å². The summed E-state index contributed by atoms with van der Waals surface area (Å²) in [5.41, 5.74) is 0.356. The normalized spacial score (nSPS) is 10.2. The average molecular weight is 254 g/mol. The van der Waals surface area contributed by atoms with Crippen LogP contribution in [0, 0.1) is 5.41 Å². The van der Waals surface area contributed by atoms with E-state index in [0.717, 1.165) is 0 Å². The van der Waals surface area contributed by atoms with E-state index in [0.29, 0.717) is 23.7 Å². The number of carbonyl (C=O) groups is 2. The Morgan fingerprint density at radius 3 is 1.61 bits per heavy atom. The fourth-order valence-electron chi connectivity index (χ4n) is 0.856. The second kappa shape index (κ2) is 8.52. The number of aldehydes is 2. The van der Waals surface area contributed by atoms with Crippen LogP contribution in [0.4, 0.5) is 0 Å². The fraction of sp³-hybridized carbons (Fsp3) is 0.385. The summed E-state index contributed by atoms with van der Waals surface area (Å²) in [5, 5.41) is 25.4. The monoisotopic (exact) mass is 254 g/mol. The Labute approximate surface area is 106 Å². The Morgan fingerprint density at radius 1 is 1.00 bits per heavy atom. The third kappa shape index (κ3) is 5.67. The van der Waals surface area contributed by atoms with Crippen molar-refractivity contribution in [3.05, 3.63) is 35.4 Å². The number of hydrogen-bond acceptors (Lipinski definition) is 5. The fourth-order valence-corrected chi connectivity index (χ4v) is 0.856. The number of carbonyl (C=O) groups excluding carboxylic acids is 2. The molecule has 0 atom stereocenters. The van der Waals surface area contributed by atoms with E-state index in [-0.39, 0.29) is 19.8 Å². The number of benzene rings is 1. The summed E-state index contributed by atoms with van der Waals surface area (Å²) in [6.45, 7) is 1.06. The van der Waals surface area contributed by atoms with Crippen LogP contribution in [-0.2, 0) is 0 Å². The third-order valence-electron chi connectivity index (χ3n) is 2.33. The quantitative estimate of drug-likeness (QED) is 0.656. The molecule has 18 heavy (non-hydrogen) atoms. The molecular formula is C13H18O5. The van der Waals surface area contributed by atoms with E-state index >= 15 is 0 Å². The first kappa shape index (κ1) is 16.4. The summed E-state index contributed by atoms with van der Waals surface area (Å²) in [4.78, 5) is 20.3. The van der Waals surface area contributed by atoms with E-state index in [1.807, 2.05) is 0 Å². The molecule has 5 heteroatoms. The minimum atomic E-state index is -0.708. The highest BCUT2D eigenvalue weighted by Crippen LogP contribution is 2.10. The molecule has 0 aliphatic rings. The van der Waals surface area contributed by atoms with Crippen molar-refractivity contribution in [2.45, 2.75) is 6.92 Å². The van der Waals surface area contributed by atoms with Crippen molar-refractivity contribution >= 4 is 12.6 Å². The predicted octanol–water partition coefficient (Wildman–Crippen LogP) is 0.281. The van der Waals surface area contributed by atoms with Crippen LogP contribution in [0.5, 0.6) is 0 Å². The van der Waals surface area contributed by atoms with Crippen molar-refractivity contribution in [1.82, 2.24) is 0 Å². The van der Waals surface area contributed by atoms with Crippen molar-refractivity contribution < 1.29 is 24.9 Å². The van der Waals surface area contributed by atoms with Crippen molar-refractivity contribution in [3.63, 3.8) is 0 Å². The summed E-state index contributed by atoms with van der Waals surface area (Å²) in [7, 11) is 0. The number of aliphatic hydroxyl groups is 3. The zero-order valence-electron chi connectivity index (χ0n) is 10.2. The standard InChI is InChI=1S/C8H6O2.C5H12O3/c9-5-7-2-1-3-8(4-7)6-10;1-5(2-6,3-7)4-8/h1-6H;6-8H,2-4H2,1H3. The summed E-state index contributed by atoms with van der Waals surface area (Å²) < 4.78 is 0. The smallest absolute Gasteiger partial charge is 0.150 e. The van der Waals surface area contributed by atoms with E-state index in [2.05, 4.69) is 0 Å². The molecule has 0 aliphatic carbocycles. The summed E-state index contributed by atoms with van der Waals surface area (Å²) in [5.74, 6) is 0. The molecule has 100 valence electrons. The van der Waals surface area contributed by atoms with Gasteiger partial charge in [-0.25, -0.2) is 0 Å². The highest BCUT2D eigenvalue weighted by molar-refractivity contribution is 5.81. The van der Waals surface area contributed by atoms with Gasteiger partial charge in [0.1, 0.15) is 12.6 Å². The Kier molecular flexibility index (Phi) is 7.78. The molecule has 0 bridgehead atoms. The molecule has 3 N–H and O–H groups in total. The molecule has 1 aromatic carbocycles. The van der Waals surface area contributed by atoms with E-state index < -0.39 is 5.41 Å². The first-order valence-electron chi connectivity index (χ1n) is 5.38. The topological polar surface area (TPSA) is 94.8 Å². The lowest BCUT2D eigenvalue weighted by molar-refractivity contribution is 0.0200. The zero-order chi connectivity index (χ0) is 14.0. The summed E-state index contributed by atoms with van der Waals surface area (Å²) >= 11 is 0. The van der Waals surface area contributed by atoms with Crippen molar-refractivity contribution in [2.75, 3.05) is 19.8 Å². The largest absolute Gasteiger partial charge is 0.396 e. The van der Waals surface area contributed by atoms with Gasteiger partial charge in [0.2, 0.25) is 0 Å². The van der Waals surface area contributed by atoms with E-state index in [4.69, 9.17) is 15.3 Å². The minimum absolute atomic E-state index is 0.181. The van der Waals surface area contributed by atoms with Crippen LogP contribution in [0.2, 0.25) is 0 Å². The lowest BCUT2D eigenvalue weighted by Gasteiger charge is -2.20. The Balaban J connectivity index is 0.000000331. The number of aliphatic hydroxyl groups excluding tert-OH is 3. The molecule has 0 saturated heterocycles. The lowest BCUT2D eigenvalue weighted by atomic mass is 9.95. The Bertz CT molecular complexity index is 340. The van der Waals surface area contributed by atoms with Gasteiger partial charge in [-0.15, -0.1) is 0 Å². The van der Waals surface area contributed by atoms with Crippen molar-refractivity contribution in [3.8, 4) is 0 Å². The number of rotatable bonds is 5. The van der Waals surface area contributed by atoms with Crippen LogP contribution in [-0.4, -0.2) is 47.7 Å². The third-order valence-corrected chi connectivity index (χ3v) is 2.33. The highest BCUT2D eigenvalue weighted by Gasteiger charge is 2.20. The molecule has 5 nitrogen and oxygen atoms in total. The van der Waals surface area contributed by atoms with Gasteiger partial charge in [0.25, 0.3) is 0 Å². The number of hydrogen-bond donors (Lipinski definition) is 3. The van der Waals surface area contributed by atoms with E-state index in [9.17, 15) is 9.59 Å². The molecule has 0 radical (unpaired) electrons. The molecule has 1 rings (SSSR count). The highest BCUT2D eigenvalue weighted by atomic mass is 16.3. The van der Waals surface area contributed by atoms with Gasteiger partial charge in [-0.2, -0.15) is 0 Å². The van der Waals surface area contributed by atoms with Crippen LogP contribution < -0.4 is 0 Å². The van der Waals surface area contributed by atoms with E-state index in [1.54, 1.807) is 31.2 Å². The zero-order valence-corrected chi connectivity index (χ0v) is 10.2. The van der Waals surface area contributed by atoms with Crippen molar-refractivity contribution in [2.24, 2.45) is 5.41 Å². The second-order valence-corrected chi connectivity index (χ2v) is 4.19. The SMILES string of the molecule is CC(CO)(CO)CO.O=Cc1cccc(C=O)c1. The van der Waals surface area contributed by atoms with Gasteiger partial charge < -0.3 is 15.3 Å². The molecule has 0 saturated carbocycles. The molecule has 0 heterocycles. The lowest BCUT2D eigenvalue weighted by Crippen LogP contribution is -2.29. The Morgan fingerprint density at radius 2 is 1.39 bits per heavy atom. The van der Waals surface area contributed by atoms with E-state index in [1.165, 1.54) is 0 Å².